The van der Waals surface area contributed by atoms with E-state index in [0.29, 0.717) is 50.1 Å². The Hall–Kier alpha value is -5.59. The molecule has 0 saturated carbocycles. The van der Waals surface area contributed by atoms with Crippen LogP contribution >= 0.6 is 34.3 Å². The van der Waals surface area contributed by atoms with Crippen molar-refractivity contribution < 1.29 is 24.2 Å². The SMILES string of the molecule is Cc1ncsc1-c1ccc(CNC(=O)[C@@H]2C[C@@H](O)CN2C(=O)C(c2cnn(CCCOCCNC(=O)C[C@@H]3N=C(c4ccc(Cl)cc4)c4c(sc(C)c4C)-n4c(C)nnc43)c2)C(C)C)cc1. The molecule has 18 heteroatoms. The Morgan fingerprint density at radius 2 is 1.74 bits per heavy atom. The van der Waals surface area contributed by atoms with E-state index in [0.717, 1.165) is 60.5 Å². The lowest BCUT2D eigenvalue weighted by Crippen LogP contribution is -2.48. The number of aliphatic hydroxyl groups excluding tert-OH is 1. The number of aryl methyl sites for hydroxylation is 4. The third kappa shape index (κ3) is 10.2. The second kappa shape index (κ2) is 20.5. The molecule has 66 heavy (non-hydrogen) atoms. The highest BCUT2D eigenvalue weighted by molar-refractivity contribution is 7.15. The Balaban J connectivity index is 0.808. The normalized spacial score (nSPS) is 17.3. The number of thiophene rings is 1. The van der Waals surface area contributed by atoms with Crippen LogP contribution in [0.3, 0.4) is 0 Å². The molecule has 2 aliphatic rings. The number of likely N-dealkylation sites (tertiary alicyclic amines) is 1. The molecule has 1 saturated heterocycles. The van der Waals surface area contributed by atoms with Crippen molar-refractivity contribution in [1.82, 2.24) is 45.1 Å². The lowest BCUT2D eigenvalue weighted by atomic mass is 9.89. The summed E-state index contributed by atoms with van der Waals surface area (Å²) in [5.74, 6) is 0.0499. The highest BCUT2D eigenvalue weighted by atomic mass is 35.5. The van der Waals surface area contributed by atoms with Crippen molar-refractivity contribution in [3.05, 3.63) is 121 Å². The van der Waals surface area contributed by atoms with Crippen molar-refractivity contribution in [3.8, 4) is 15.4 Å². The van der Waals surface area contributed by atoms with E-state index in [-0.39, 0.29) is 43.0 Å². The molecule has 2 aromatic carbocycles. The van der Waals surface area contributed by atoms with Gasteiger partial charge >= 0.3 is 0 Å². The molecule has 0 bridgehead atoms. The van der Waals surface area contributed by atoms with Gasteiger partial charge in [-0.25, -0.2) is 4.98 Å². The average Bonchev–Trinajstić information content (AvgIpc) is 4.14. The monoisotopic (exact) mass is 950 g/mol. The molecule has 3 amide bonds. The quantitative estimate of drug-likeness (QED) is 0.0807. The van der Waals surface area contributed by atoms with Crippen molar-refractivity contribution in [2.75, 3.05) is 26.3 Å². The molecule has 1 unspecified atom stereocenters. The number of ether oxygens (including phenoxy) is 1. The minimum Gasteiger partial charge on any atom is -0.391 e. The van der Waals surface area contributed by atoms with Crippen molar-refractivity contribution in [2.24, 2.45) is 10.9 Å². The van der Waals surface area contributed by atoms with Crippen LogP contribution in [0, 0.1) is 33.6 Å². The molecule has 8 rings (SSSR count). The van der Waals surface area contributed by atoms with E-state index < -0.39 is 24.1 Å². The second-order valence-electron chi connectivity index (χ2n) is 17.3. The maximum atomic E-state index is 14.2. The molecule has 0 aliphatic carbocycles. The van der Waals surface area contributed by atoms with E-state index in [1.54, 1.807) is 33.6 Å². The van der Waals surface area contributed by atoms with Crippen LogP contribution in [-0.2, 0) is 32.2 Å². The van der Waals surface area contributed by atoms with Gasteiger partial charge < -0.3 is 25.4 Å². The smallest absolute Gasteiger partial charge is 0.243 e. The predicted octanol–water partition coefficient (Wildman–Crippen LogP) is 7.06. The molecule has 2 aliphatic heterocycles. The van der Waals surface area contributed by atoms with Crippen LogP contribution < -0.4 is 10.6 Å². The Bertz CT molecular complexity index is 2720. The summed E-state index contributed by atoms with van der Waals surface area (Å²) in [5.41, 5.74) is 9.40. The number of nitrogens with one attached hydrogen (secondary N) is 2. The number of hydrogen-bond acceptors (Lipinski definition) is 12. The van der Waals surface area contributed by atoms with Gasteiger partial charge in [0.1, 0.15) is 22.9 Å². The van der Waals surface area contributed by atoms with Crippen LogP contribution in [0.1, 0.15) is 95.1 Å². The van der Waals surface area contributed by atoms with Gasteiger partial charge in [0, 0.05) is 72.0 Å². The molecule has 0 spiro atoms. The molecule has 0 radical (unpaired) electrons. The van der Waals surface area contributed by atoms with E-state index >= 15 is 0 Å². The number of carbonyl (C=O) groups is 3. The first-order chi connectivity index (χ1) is 31.8. The van der Waals surface area contributed by atoms with Gasteiger partial charge in [-0.1, -0.05) is 61.8 Å². The molecular weight excluding hydrogens is 896 g/mol. The second-order valence-corrected chi connectivity index (χ2v) is 19.8. The van der Waals surface area contributed by atoms with Crippen LogP contribution in [0.5, 0.6) is 0 Å². The van der Waals surface area contributed by atoms with Crippen LogP contribution in [0.4, 0.5) is 0 Å². The van der Waals surface area contributed by atoms with Crippen molar-refractivity contribution in [3.63, 3.8) is 0 Å². The summed E-state index contributed by atoms with van der Waals surface area (Å²) < 4.78 is 9.71. The molecule has 1 fully saturated rings. The number of amides is 3. The Kier molecular flexibility index (Phi) is 14.6. The number of carbonyl (C=O) groups excluding carboxylic acids is 3. The molecule has 4 atom stereocenters. The molecule has 346 valence electrons. The topological polar surface area (TPSA) is 182 Å². The van der Waals surface area contributed by atoms with Crippen LogP contribution in [0.2, 0.25) is 5.02 Å². The largest absolute Gasteiger partial charge is 0.391 e. The summed E-state index contributed by atoms with van der Waals surface area (Å²) in [5, 5.41) is 31.7. The van der Waals surface area contributed by atoms with Gasteiger partial charge in [0.25, 0.3) is 0 Å². The standard InChI is InChI=1S/C48H55ClN10O5S2/c1-27(2)41(47(63)58-25-37(60)20-39(58)46(62)51-22-32-8-10-34(11-9-32)44-29(4)52-26-65-44)35-23-53-57(24-35)17-7-18-64-19-16-50-40(61)21-38-45-56-55-31(6)59(45)48-42(28(3)30(5)66-48)43(54-38)33-12-14-36(49)15-13-33/h8-15,23-24,26-27,37-39,41,60H,7,16-22,25H2,1-6H3,(H,50,61)(H,51,62)/t37-,38+,39+,41?/m1/s1. The summed E-state index contributed by atoms with van der Waals surface area (Å²) in [6.45, 7) is 14.1. The van der Waals surface area contributed by atoms with Crippen molar-refractivity contribution in [1.29, 1.82) is 0 Å². The minimum atomic E-state index is -0.795. The highest BCUT2D eigenvalue weighted by Gasteiger charge is 2.42. The number of thiazole rings is 1. The Labute approximate surface area is 397 Å². The summed E-state index contributed by atoms with van der Waals surface area (Å²) >= 11 is 9.50. The third-order valence-electron chi connectivity index (χ3n) is 12.2. The Morgan fingerprint density at radius 1 is 0.985 bits per heavy atom. The van der Waals surface area contributed by atoms with Gasteiger partial charge in [0.15, 0.2) is 5.82 Å². The fourth-order valence-corrected chi connectivity index (χ4v) is 10.8. The predicted molar refractivity (Wildman–Crippen MR) is 256 cm³/mol. The van der Waals surface area contributed by atoms with Gasteiger partial charge in [0.05, 0.1) is 53.0 Å². The molecule has 6 heterocycles. The summed E-state index contributed by atoms with van der Waals surface area (Å²) in [4.78, 5) is 54.4. The number of rotatable bonds is 17. The van der Waals surface area contributed by atoms with Gasteiger partial charge in [-0.15, -0.1) is 32.9 Å². The van der Waals surface area contributed by atoms with E-state index in [9.17, 15) is 19.5 Å². The first-order valence-electron chi connectivity index (χ1n) is 22.3. The summed E-state index contributed by atoms with van der Waals surface area (Å²) in [6, 6.07) is 14.2. The lowest BCUT2D eigenvalue weighted by Gasteiger charge is -2.29. The van der Waals surface area contributed by atoms with Crippen LogP contribution in [0.25, 0.3) is 15.4 Å². The Morgan fingerprint density at radius 3 is 2.47 bits per heavy atom. The number of β-amino-alcohol motifs (C(OH)–C–C–N with tert-alkyl or cyclic N) is 1. The minimum absolute atomic E-state index is 0.0830. The molecule has 3 N–H and O–H groups in total. The first kappa shape index (κ1) is 46.9. The fourth-order valence-electron chi connectivity index (χ4n) is 8.69. The number of hydrogen-bond donors (Lipinski definition) is 3. The highest BCUT2D eigenvalue weighted by Crippen LogP contribution is 2.40. The fraction of sp³-hybridized carbons (Fsp3) is 0.417. The van der Waals surface area contributed by atoms with Gasteiger partial charge in [-0.05, 0) is 68.9 Å². The average molecular weight is 952 g/mol. The number of aromatic nitrogens is 6. The number of halogens is 1. The third-order valence-corrected chi connectivity index (χ3v) is 14.6. The van der Waals surface area contributed by atoms with Crippen LogP contribution in [0.15, 0.2) is 71.4 Å². The van der Waals surface area contributed by atoms with Gasteiger partial charge in [0.2, 0.25) is 17.7 Å². The van der Waals surface area contributed by atoms with E-state index in [2.05, 4.69) is 44.8 Å². The molecule has 4 aromatic heterocycles. The van der Waals surface area contributed by atoms with E-state index in [4.69, 9.17) is 21.3 Å². The number of benzene rings is 2. The van der Waals surface area contributed by atoms with E-state index in [1.807, 2.05) is 92.5 Å². The molecule has 15 nitrogen and oxygen atoms in total. The lowest BCUT2D eigenvalue weighted by molar-refractivity contribution is -0.140. The van der Waals surface area contributed by atoms with Crippen LogP contribution in [-0.4, -0.2) is 101 Å². The number of aliphatic imine (C=N–C) groups is 1. The van der Waals surface area contributed by atoms with E-state index in [1.165, 1.54) is 9.78 Å². The number of aliphatic hydroxyl groups is 1. The zero-order valence-electron chi connectivity index (χ0n) is 38.0. The number of fused-ring (bicyclic) bond motifs is 3. The molecular formula is C48H55ClN10O5S2. The molecule has 6 aromatic rings. The zero-order valence-corrected chi connectivity index (χ0v) is 40.3. The maximum Gasteiger partial charge on any atom is 0.243 e. The summed E-state index contributed by atoms with van der Waals surface area (Å²) in [6.07, 6.45) is 3.71. The number of nitrogens with zero attached hydrogens (tertiary/aromatic N) is 8. The maximum absolute atomic E-state index is 14.2. The zero-order chi connectivity index (χ0) is 46.6. The van der Waals surface area contributed by atoms with Gasteiger partial charge in [-0.3, -0.25) is 28.6 Å². The van der Waals surface area contributed by atoms with Crippen molar-refractivity contribution >= 4 is 57.7 Å². The first-order valence-corrected chi connectivity index (χ1v) is 24.3. The van der Waals surface area contributed by atoms with Crippen molar-refractivity contribution in [2.45, 2.75) is 98.0 Å². The van der Waals surface area contributed by atoms with Gasteiger partial charge in [-0.2, -0.15) is 5.10 Å². The summed E-state index contributed by atoms with van der Waals surface area (Å²) in [7, 11) is 0.